The maximum atomic E-state index is 12.8. The maximum absolute atomic E-state index is 12.8. The van der Waals surface area contributed by atoms with Gasteiger partial charge in [0.2, 0.25) is 5.91 Å². The van der Waals surface area contributed by atoms with Crippen molar-refractivity contribution in [2.45, 2.75) is 26.7 Å². The minimum atomic E-state index is -0.703. The Kier molecular flexibility index (Phi) is 8.21. The summed E-state index contributed by atoms with van der Waals surface area (Å²) in [5.74, 6) is -1.33. The fraction of sp³-hybridized carbons (Fsp3) is 0.240. The van der Waals surface area contributed by atoms with Gasteiger partial charge in [0.05, 0.1) is 40.5 Å². The molecule has 33 heavy (non-hydrogen) atoms. The summed E-state index contributed by atoms with van der Waals surface area (Å²) in [6, 6.07) is 16.8. The van der Waals surface area contributed by atoms with Crippen LogP contribution in [0.25, 0.3) is 0 Å². The van der Waals surface area contributed by atoms with Crippen LogP contribution in [0.4, 0.5) is 5.69 Å². The number of nitriles is 1. The number of nitrogens with zero attached hydrogens (tertiary/aromatic N) is 1. The third kappa shape index (κ3) is 5.59. The summed E-state index contributed by atoms with van der Waals surface area (Å²) in [4.78, 5) is 25.4. The summed E-state index contributed by atoms with van der Waals surface area (Å²) in [5.41, 5.74) is 3.52. The Morgan fingerprint density at radius 1 is 1.18 bits per heavy atom. The molecular weight excluding hydrogens is 458 g/mol. The Hall–Kier alpha value is -3.21. The molecule has 0 saturated carbocycles. The summed E-state index contributed by atoms with van der Waals surface area (Å²) in [5, 5.41) is 17.0. The Morgan fingerprint density at radius 2 is 1.88 bits per heavy atom. The van der Waals surface area contributed by atoms with E-state index >= 15 is 0 Å². The molecule has 0 spiro atoms. The van der Waals surface area contributed by atoms with Crippen molar-refractivity contribution in [2.24, 2.45) is 0 Å². The van der Waals surface area contributed by atoms with Crippen molar-refractivity contribution >= 4 is 40.9 Å². The van der Waals surface area contributed by atoms with Gasteiger partial charge in [-0.2, -0.15) is 5.26 Å². The number of hydrogen-bond donors (Lipinski definition) is 2. The molecule has 0 unspecified atom stereocenters. The zero-order valence-electron chi connectivity index (χ0n) is 18.6. The van der Waals surface area contributed by atoms with E-state index < -0.39 is 11.9 Å². The van der Waals surface area contributed by atoms with Crippen molar-refractivity contribution in [3.8, 4) is 6.07 Å². The standard InChI is InChI=1S/C25H24ClN3O3S/c1-4-32-25(31)22-16(3)28-24(18(13-27)23(22)17-10-6-7-11-19(17)26)33-14-21(30)29-20-12-8-5-9-15(20)2/h5-12,23,28H,4,14H2,1-3H3,(H,29,30)/t23-/m1/s1. The molecule has 0 fully saturated rings. The highest BCUT2D eigenvalue weighted by Gasteiger charge is 2.36. The molecule has 2 aromatic rings. The van der Waals surface area contributed by atoms with Crippen LogP contribution >= 0.6 is 23.4 Å². The van der Waals surface area contributed by atoms with Gasteiger partial charge in [-0.1, -0.05) is 59.8 Å². The van der Waals surface area contributed by atoms with Crippen LogP contribution in [-0.4, -0.2) is 24.2 Å². The largest absolute Gasteiger partial charge is 0.463 e. The van der Waals surface area contributed by atoms with Gasteiger partial charge in [0.1, 0.15) is 0 Å². The normalized spacial score (nSPS) is 15.5. The molecular formula is C25H24ClN3O3S. The van der Waals surface area contributed by atoms with Crippen LogP contribution in [0.15, 0.2) is 70.4 Å². The Morgan fingerprint density at radius 3 is 2.55 bits per heavy atom. The third-order valence-electron chi connectivity index (χ3n) is 5.13. The monoisotopic (exact) mass is 481 g/mol. The average Bonchev–Trinajstić information content (AvgIpc) is 2.79. The number of anilines is 1. The molecule has 170 valence electrons. The second-order valence-corrected chi connectivity index (χ2v) is 8.74. The first-order valence-corrected chi connectivity index (χ1v) is 11.8. The molecule has 0 bridgehead atoms. The second-order valence-electron chi connectivity index (χ2n) is 7.35. The summed E-state index contributed by atoms with van der Waals surface area (Å²) < 4.78 is 5.26. The molecule has 1 aliphatic rings. The minimum Gasteiger partial charge on any atom is -0.463 e. The third-order valence-corrected chi connectivity index (χ3v) is 6.49. The Bertz CT molecular complexity index is 1180. The molecule has 2 N–H and O–H groups in total. The number of amides is 1. The van der Waals surface area contributed by atoms with E-state index in [1.54, 1.807) is 38.1 Å². The van der Waals surface area contributed by atoms with Gasteiger partial charge in [0.15, 0.2) is 0 Å². The zero-order chi connectivity index (χ0) is 24.0. The highest BCUT2D eigenvalue weighted by Crippen LogP contribution is 2.43. The van der Waals surface area contributed by atoms with Crippen LogP contribution in [0, 0.1) is 18.3 Å². The number of dihydropyridines is 1. The Balaban J connectivity index is 1.92. The van der Waals surface area contributed by atoms with Gasteiger partial charge in [-0.15, -0.1) is 0 Å². The lowest BCUT2D eigenvalue weighted by Crippen LogP contribution is -2.29. The van der Waals surface area contributed by atoms with Gasteiger partial charge < -0.3 is 15.4 Å². The van der Waals surface area contributed by atoms with E-state index in [1.807, 2.05) is 31.2 Å². The molecule has 3 rings (SSSR count). The predicted octanol–water partition coefficient (Wildman–Crippen LogP) is 5.28. The fourth-order valence-corrected chi connectivity index (χ4v) is 4.70. The van der Waals surface area contributed by atoms with Crippen molar-refractivity contribution in [2.75, 3.05) is 17.7 Å². The summed E-state index contributed by atoms with van der Waals surface area (Å²) in [6.07, 6.45) is 0. The quantitative estimate of drug-likeness (QED) is 0.523. The number of rotatable bonds is 7. The smallest absolute Gasteiger partial charge is 0.336 e. The lowest BCUT2D eigenvalue weighted by Gasteiger charge is -2.29. The van der Waals surface area contributed by atoms with Crippen LogP contribution in [-0.2, 0) is 14.3 Å². The van der Waals surface area contributed by atoms with Crippen molar-refractivity contribution in [1.29, 1.82) is 5.26 Å². The lowest BCUT2D eigenvalue weighted by atomic mass is 9.82. The van der Waals surface area contributed by atoms with Crippen LogP contribution in [0.1, 0.15) is 30.9 Å². The highest BCUT2D eigenvalue weighted by molar-refractivity contribution is 8.03. The van der Waals surface area contributed by atoms with Crippen molar-refractivity contribution in [3.63, 3.8) is 0 Å². The second kappa shape index (κ2) is 11.1. The van der Waals surface area contributed by atoms with Crippen molar-refractivity contribution in [1.82, 2.24) is 5.32 Å². The number of esters is 1. The van der Waals surface area contributed by atoms with Crippen LogP contribution < -0.4 is 10.6 Å². The van der Waals surface area contributed by atoms with E-state index in [1.165, 1.54) is 11.8 Å². The first-order chi connectivity index (χ1) is 15.9. The maximum Gasteiger partial charge on any atom is 0.336 e. The highest BCUT2D eigenvalue weighted by atomic mass is 35.5. The van der Waals surface area contributed by atoms with Crippen LogP contribution in [0.2, 0.25) is 5.02 Å². The molecule has 0 aliphatic carbocycles. The van der Waals surface area contributed by atoms with Gasteiger partial charge in [-0.05, 0) is 44.0 Å². The number of ether oxygens (including phenoxy) is 1. The van der Waals surface area contributed by atoms with E-state index in [4.69, 9.17) is 16.3 Å². The number of allylic oxidation sites excluding steroid dienone is 2. The number of para-hydroxylation sites is 1. The molecule has 0 saturated heterocycles. The summed E-state index contributed by atoms with van der Waals surface area (Å²) in [7, 11) is 0. The van der Waals surface area contributed by atoms with Crippen LogP contribution in [0.3, 0.4) is 0 Å². The van der Waals surface area contributed by atoms with E-state index in [0.717, 1.165) is 11.3 Å². The molecule has 2 aromatic carbocycles. The molecule has 1 aliphatic heterocycles. The number of carbonyl (C=O) groups excluding carboxylic acids is 2. The number of hydrogen-bond acceptors (Lipinski definition) is 6. The zero-order valence-corrected chi connectivity index (χ0v) is 20.1. The molecule has 1 heterocycles. The lowest BCUT2D eigenvalue weighted by molar-refractivity contribution is -0.138. The first-order valence-electron chi connectivity index (χ1n) is 10.4. The van der Waals surface area contributed by atoms with Gasteiger partial charge >= 0.3 is 5.97 Å². The number of nitrogens with one attached hydrogen (secondary N) is 2. The van der Waals surface area contributed by atoms with E-state index in [0.29, 0.717) is 32.5 Å². The van der Waals surface area contributed by atoms with Crippen molar-refractivity contribution in [3.05, 3.63) is 86.6 Å². The van der Waals surface area contributed by atoms with E-state index in [-0.39, 0.29) is 18.3 Å². The number of benzene rings is 2. The molecule has 1 amide bonds. The number of carbonyl (C=O) groups is 2. The summed E-state index contributed by atoms with van der Waals surface area (Å²) >= 11 is 7.66. The van der Waals surface area contributed by atoms with Crippen molar-refractivity contribution < 1.29 is 14.3 Å². The van der Waals surface area contributed by atoms with Crippen LogP contribution in [0.5, 0.6) is 0 Å². The average molecular weight is 482 g/mol. The number of halogens is 1. The van der Waals surface area contributed by atoms with Gasteiger partial charge in [-0.25, -0.2) is 4.79 Å². The number of aryl methyl sites for hydroxylation is 1. The Labute approximate surface area is 202 Å². The summed E-state index contributed by atoms with van der Waals surface area (Å²) in [6.45, 7) is 5.60. The van der Waals surface area contributed by atoms with E-state index in [2.05, 4.69) is 16.7 Å². The number of thioether (sulfide) groups is 1. The molecule has 1 atom stereocenters. The first kappa shape index (κ1) is 24.4. The SMILES string of the molecule is CCOC(=O)C1=C(C)NC(SCC(=O)Nc2ccccc2C)=C(C#N)[C@H]1c1ccccc1Cl. The predicted molar refractivity (Wildman–Crippen MR) is 132 cm³/mol. The molecule has 0 radical (unpaired) electrons. The fourth-order valence-electron chi connectivity index (χ4n) is 3.56. The minimum absolute atomic E-state index is 0.0824. The molecule has 8 heteroatoms. The van der Waals surface area contributed by atoms with E-state index in [9.17, 15) is 14.9 Å². The van der Waals surface area contributed by atoms with Gasteiger partial charge in [-0.3, -0.25) is 4.79 Å². The topological polar surface area (TPSA) is 91.2 Å². The van der Waals surface area contributed by atoms with Gasteiger partial charge in [0.25, 0.3) is 0 Å². The van der Waals surface area contributed by atoms with Gasteiger partial charge in [0, 0.05) is 16.4 Å². The molecule has 0 aromatic heterocycles. The molecule has 6 nitrogen and oxygen atoms in total.